The smallest absolute Gasteiger partial charge is 0.314 e. The van der Waals surface area contributed by atoms with E-state index in [0.717, 1.165) is 24.1 Å². The van der Waals surface area contributed by atoms with Gasteiger partial charge in [0.1, 0.15) is 5.75 Å². The summed E-state index contributed by atoms with van der Waals surface area (Å²) < 4.78 is 0. The standard InChI is InChI=1S/C20H27N3O2/c1-16(23(2)18-8-4-3-5-9-18)15-22-20(25)21-14-6-7-17-10-12-19(24)13-11-17/h3-5,8-13,16,24H,6-7,14-15H2,1-2H3,(H2,21,22,25). The summed E-state index contributed by atoms with van der Waals surface area (Å²) in [6.07, 6.45) is 1.73. The number of phenolic OH excluding ortho intramolecular Hbond substituents is 1. The maximum atomic E-state index is 11.9. The second kappa shape index (κ2) is 9.57. The number of hydrogen-bond donors (Lipinski definition) is 3. The zero-order chi connectivity index (χ0) is 18.1. The molecule has 5 nitrogen and oxygen atoms in total. The van der Waals surface area contributed by atoms with Crippen molar-refractivity contribution < 1.29 is 9.90 Å². The van der Waals surface area contributed by atoms with Crippen molar-refractivity contribution >= 4 is 11.7 Å². The fraction of sp³-hybridized carbons (Fsp3) is 0.350. The van der Waals surface area contributed by atoms with Gasteiger partial charge >= 0.3 is 6.03 Å². The van der Waals surface area contributed by atoms with Crippen LogP contribution in [0.15, 0.2) is 54.6 Å². The quantitative estimate of drug-likeness (QED) is 0.646. The number of anilines is 1. The second-order valence-corrected chi connectivity index (χ2v) is 6.20. The van der Waals surface area contributed by atoms with E-state index in [4.69, 9.17) is 0 Å². The lowest BCUT2D eigenvalue weighted by molar-refractivity contribution is 0.240. The van der Waals surface area contributed by atoms with Crippen LogP contribution in [0.2, 0.25) is 0 Å². The molecule has 0 spiro atoms. The number of nitrogens with zero attached hydrogens (tertiary/aromatic N) is 1. The van der Waals surface area contributed by atoms with Crippen LogP contribution in [0.1, 0.15) is 18.9 Å². The fourth-order valence-electron chi connectivity index (χ4n) is 2.51. The number of aryl methyl sites for hydroxylation is 1. The predicted molar refractivity (Wildman–Crippen MR) is 102 cm³/mol. The van der Waals surface area contributed by atoms with Crippen molar-refractivity contribution in [3.63, 3.8) is 0 Å². The molecular formula is C20H27N3O2. The van der Waals surface area contributed by atoms with Crippen LogP contribution in [-0.2, 0) is 6.42 Å². The van der Waals surface area contributed by atoms with Crippen LogP contribution in [0.4, 0.5) is 10.5 Å². The number of aromatic hydroxyl groups is 1. The number of phenols is 1. The van der Waals surface area contributed by atoms with Gasteiger partial charge in [-0.2, -0.15) is 0 Å². The number of benzene rings is 2. The summed E-state index contributed by atoms with van der Waals surface area (Å²) in [6.45, 7) is 3.28. The molecule has 0 aliphatic heterocycles. The molecule has 1 atom stereocenters. The van der Waals surface area contributed by atoms with E-state index in [-0.39, 0.29) is 17.8 Å². The summed E-state index contributed by atoms with van der Waals surface area (Å²) in [5.74, 6) is 0.274. The van der Waals surface area contributed by atoms with E-state index < -0.39 is 0 Å². The molecule has 0 heterocycles. The second-order valence-electron chi connectivity index (χ2n) is 6.20. The fourth-order valence-corrected chi connectivity index (χ4v) is 2.51. The number of rotatable bonds is 8. The van der Waals surface area contributed by atoms with E-state index in [2.05, 4.69) is 34.6 Å². The first-order valence-corrected chi connectivity index (χ1v) is 8.64. The highest BCUT2D eigenvalue weighted by atomic mass is 16.3. The topological polar surface area (TPSA) is 64.6 Å². The number of nitrogens with one attached hydrogen (secondary N) is 2. The van der Waals surface area contributed by atoms with E-state index in [1.807, 2.05) is 37.4 Å². The normalized spacial score (nSPS) is 11.6. The number of carbonyl (C=O) groups is 1. The van der Waals surface area contributed by atoms with Gasteiger partial charge in [-0.3, -0.25) is 0 Å². The highest BCUT2D eigenvalue weighted by Crippen LogP contribution is 2.13. The molecule has 2 rings (SSSR count). The van der Waals surface area contributed by atoms with Crippen LogP contribution >= 0.6 is 0 Å². The number of carbonyl (C=O) groups excluding carboxylic acids is 1. The van der Waals surface area contributed by atoms with Crippen LogP contribution in [-0.4, -0.2) is 37.3 Å². The maximum Gasteiger partial charge on any atom is 0.314 e. The highest BCUT2D eigenvalue weighted by Gasteiger charge is 2.10. The van der Waals surface area contributed by atoms with Crippen molar-refractivity contribution in [2.24, 2.45) is 0 Å². The van der Waals surface area contributed by atoms with Gasteiger partial charge in [-0.25, -0.2) is 4.79 Å². The zero-order valence-electron chi connectivity index (χ0n) is 14.9. The van der Waals surface area contributed by atoms with Crippen LogP contribution < -0.4 is 15.5 Å². The SMILES string of the molecule is CC(CNC(=O)NCCCc1ccc(O)cc1)N(C)c1ccccc1. The Kier molecular flexibility index (Phi) is 7.14. The van der Waals surface area contributed by atoms with E-state index in [1.165, 1.54) is 0 Å². The van der Waals surface area contributed by atoms with Gasteiger partial charge in [0.2, 0.25) is 0 Å². The molecule has 1 unspecified atom stereocenters. The Bertz CT molecular complexity index is 644. The molecule has 2 aromatic carbocycles. The molecule has 0 saturated carbocycles. The van der Waals surface area contributed by atoms with Gasteiger partial charge in [-0.15, -0.1) is 0 Å². The summed E-state index contributed by atoms with van der Waals surface area (Å²) >= 11 is 0. The van der Waals surface area contributed by atoms with Gasteiger partial charge in [-0.05, 0) is 49.6 Å². The Morgan fingerprint density at radius 1 is 1.08 bits per heavy atom. The van der Waals surface area contributed by atoms with Gasteiger partial charge in [-0.1, -0.05) is 30.3 Å². The molecule has 134 valence electrons. The van der Waals surface area contributed by atoms with E-state index in [9.17, 15) is 9.90 Å². The molecule has 0 aliphatic rings. The average Bonchev–Trinajstić information content (AvgIpc) is 2.64. The van der Waals surface area contributed by atoms with E-state index >= 15 is 0 Å². The molecular weight excluding hydrogens is 314 g/mol. The maximum absolute atomic E-state index is 11.9. The van der Waals surface area contributed by atoms with Crippen molar-refractivity contribution in [2.75, 3.05) is 25.0 Å². The van der Waals surface area contributed by atoms with Crippen LogP contribution in [0.3, 0.4) is 0 Å². The molecule has 2 amide bonds. The Hall–Kier alpha value is -2.69. The van der Waals surface area contributed by atoms with E-state index in [0.29, 0.717) is 13.1 Å². The molecule has 3 N–H and O–H groups in total. The molecule has 0 aliphatic carbocycles. The Balaban J connectivity index is 1.62. The minimum absolute atomic E-state index is 0.140. The van der Waals surface area contributed by atoms with Gasteiger partial charge in [0.05, 0.1) is 0 Å². The summed E-state index contributed by atoms with van der Waals surface area (Å²) in [6, 6.07) is 17.3. The van der Waals surface area contributed by atoms with Crippen molar-refractivity contribution in [2.45, 2.75) is 25.8 Å². The van der Waals surface area contributed by atoms with E-state index in [1.54, 1.807) is 12.1 Å². The molecule has 0 bridgehead atoms. The molecule has 0 fully saturated rings. The summed E-state index contributed by atoms with van der Waals surface area (Å²) in [5, 5.41) is 15.0. The highest BCUT2D eigenvalue weighted by molar-refractivity contribution is 5.73. The number of para-hydroxylation sites is 1. The van der Waals surface area contributed by atoms with Crippen molar-refractivity contribution in [1.29, 1.82) is 0 Å². The lowest BCUT2D eigenvalue weighted by atomic mass is 10.1. The van der Waals surface area contributed by atoms with Crippen LogP contribution in [0.5, 0.6) is 5.75 Å². The summed E-state index contributed by atoms with van der Waals surface area (Å²) in [4.78, 5) is 14.0. The monoisotopic (exact) mass is 341 g/mol. The molecule has 0 saturated heterocycles. The Morgan fingerprint density at radius 3 is 2.44 bits per heavy atom. The van der Waals surface area contributed by atoms with Crippen molar-refractivity contribution in [1.82, 2.24) is 10.6 Å². The van der Waals surface area contributed by atoms with Crippen molar-refractivity contribution in [3.05, 3.63) is 60.2 Å². The number of amides is 2. The zero-order valence-corrected chi connectivity index (χ0v) is 14.9. The number of hydrogen-bond acceptors (Lipinski definition) is 3. The first-order chi connectivity index (χ1) is 12.1. The molecule has 2 aromatic rings. The molecule has 0 radical (unpaired) electrons. The summed E-state index contributed by atoms with van der Waals surface area (Å²) in [7, 11) is 2.03. The average molecular weight is 341 g/mol. The van der Waals surface area contributed by atoms with Gasteiger partial charge in [0.15, 0.2) is 0 Å². The minimum Gasteiger partial charge on any atom is -0.508 e. The van der Waals surface area contributed by atoms with Gasteiger partial charge in [0, 0.05) is 31.9 Å². The molecule has 25 heavy (non-hydrogen) atoms. The lowest BCUT2D eigenvalue weighted by Gasteiger charge is -2.27. The Morgan fingerprint density at radius 2 is 1.76 bits per heavy atom. The molecule has 5 heteroatoms. The number of urea groups is 1. The first-order valence-electron chi connectivity index (χ1n) is 8.64. The number of likely N-dealkylation sites (N-methyl/N-ethyl adjacent to an activating group) is 1. The minimum atomic E-state index is -0.140. The third-order valence-electron chi connectivity index (χ3n) is 4.25. The van der Waals surface area contributed by atoms with Crippen molar-refractivity contribution in [3.8, 4) is 5.75 Å². The van der Waals surface area contributed by atoms with Crippen LogP contribution in [0.25, 0.3) is 0 Å². The summed E-state index contributed by atoms with van der Waals surface area (Å²) in [5.41, 5.74) is 2.28. The molecule has 0 aromatic heterocycles. The van der Waals surface area contributed by atoms with Gasteiger partial charge < -0.3 is 20.6 Å². The predicted octanol–water partition coefficient (Wildman–Crippen LogP) is 3.15. The third kappa shape index (κ3) is 6.37. The van der Waals surface area contributed by atoms with Gasteiger partial charge in [0.25, 0.3) is 0 Å². The Labute approximate surface area is 149 Å². The third-order valence-corrected chi connectivity index (χ3v) is 4.25. The largest absolute Gasteiger partial charge is 0.508 e. The van der Waals surface area contributed by atoms with Crippen LogP contribution in [0, 0.1) is 0 Å². The first kappa shape index (κ1) is 18.6. The lowest BCUT2D eigenvalue weighted by Crippen LogP contribution is -2.44.